The van der Waals surface area contributed by atoms with Crippen molar-refractivity contribution in [2.24, 2.45) is 0 Å². The van der Waals surface area contributed by atoms with E-state index in [1.165, 1.54) is 154 Å². The van der Waals surface area contributed by atoms with Crippen molar-refractivity contribution >= 4 is 28.9 Å². The molecule has 2 N–H and O–H groups in total. The molecule has 0 heterocycles. The molecule has 0 spiro atoms. The summed E-state index contributed by atoms with van der Waals surface area (Å²) >= 11 is -2.95. The normalized spacial score (nSPS) is 19.8. The van der Waals surface area contributed by atoms with Gasteiger partial charge < -0.3 is 0 Å². The van der Waals surface area contributed by atoms with E-state index in [0.717, 1.165) is 30.2 Å². The van der Waals surface area contributed by atoms with Gasteiger partial charge in [-0.2, -0.15) is 8.42 Å². The third kappa shape index (κ3) is 12.0. The Morgan fingerprint density at radius 1 is 0.619 bits per heavy atom. The summed E-state index contributed by atoms with van der Waals surface area (Å²) in [4.78, 5) is 0.0610. The molecule has 3 aliphatic rings. The zero-order valence-electron chi connectivity index (χ0n) is 27.0. The van der Waals surface area contributed by atoms with Gasteiger partial charge in [0, 0.05) is 0 Å². The minimum atomic E-state index is -4.10. The van der Waals surface area contributed by atoms with Crippen molar-refractivity contribution in [2.75, 3.05) is 0 Å². The zero-order valence-corrected chi connectivity index (χ0v) is 30.7. The van der Waals surface area contributed by atoms with Gasteiger partial charge in [-0.1, -0.05) is 82.9 Å². The maximum absolute atomic E-state index is 12.1. The zero-order chi connectivity index (χ0) is 30.1. The molecular formula is C36H64O4SSn. The second-order valence-corrected chi connectivity index (χ2v) is 27.4. The topological polar surface area (TPSA) is 74.6 Å². The summed E-state index contributed by atoms with van der Waals surface area (Å²) in [6, 6.07) is 6.73. The summed E-state index contributed by atoms with van der Waals surface area (Å²) in [6.45, 7) is 2.24. The Kier molecular flexibility index (Phi) is 17.4. The van der Waals surface area contributed by atoms with Gasteiger partial charge in [0.2, 0.25) is 0 Å². The Balaban J connectivity index is 0.000000231. The van der Waals surface area contributed by atoms with E-state index in [1.807, 2.05) is 6.07 Å². The first-order valence-electron chi connectivity index (χ1n) is 18.1. The van der Waals surface area contributed by atoms with Crippen LogP contribution in [-0.2, 0) is 16.5 Å². The van der Waals surface area contributed by atoms with Crippen molar-refractivity contribution < 1.29 is 16.4 Å². The van der Waals surface area contributed by atoms with E-state index >= 15 is 0 Å². The number of benzene rings is 1. The van der Waals surface area contributed by atoms with E-state index in [-0.39, 0.29) is 4.90 Å². The molecule has 6 heteroatoms. The Labute approximate surface area is 264 Å². The van der Waals surface area contributed by atoms with Crippen LogP contribution in [0.1, 0.15) is 173 Å². The number of hydrogen-bond donors (Lipinski definition) is 2. The third-order valence-corrected chi connectivity index (χ3v) is 27.9. The van der Waals surface area contributed by atoms with Crippen molar-refractivity contribution in [3.63, 3.8) is 0 Å². The van der Waals surface area contributed by atoms with E-state index in [2.05, 4.69) is 6.92 Å². The molecule has 1 aromatic rings. The van der Waals surface area contributed by atoms with Crippen LogP contribution in [-0.4, -0.2) is 35.2 Å². The van der Waals surface area contributed by atoms with Crippen molar-refractivity contribution in [3.05, 3.63) is 29.8 Å². The van der Waals surface area contributed by atoms with Crippen LogP contribution in [0, 0.1) is 0 Å². The quantitative estimate of drug-likeness (QED) is 0.108. The Hall–Kier alpha value is -0.111. The van der Waals surface area contributed by atoms with Crippen molar-refractivity contribution in [1.29, 1.82) is 0 Å². The number of rotatable bonds is 15. The molecule has 0 aromatic heterocycles. The summed E-state index contributed by atoms with van der Waals surface area (Å²) in [6.07, 6.45) is 34.6. The Bertz CT molecular complexity index is 901. The SMILES string of the molecule is CCCCCCCCCCCCc1ccccc1S(=O)(=O)O.[OH][Sn]([CH]1CCCCC1)([CH]1CCCCC1)[CH]1CCCCC1. The summed E-state index contributed by atoms with van der Waals surface area (Å²) in [7, 11) is -4.10. The molecule has 1 aromatic carbocycles. The Morgan fingerprint density at radius 2 is 1.00 bits per heavy atom. The van der Waals surface area contributed by atoms with Crippen LogP contribution in [0.25, 0.3) is 0 Å². The van der Waals surface area contributed by atoms with Crippen LogP contribution in [0.2, 0.25) is 11.8 Å². The van der Waals surface area contributed by atoms with Gasteiger partial charge in [0.25, 0.3) is 10.1 Å². The summed E-state index contributed by atoms with van der Waals surface area (Å²) in [5, 5.41) is 0. The van der Waals surface area contributed by atoms with Gasteiger partial charge in [0.1, 0.15) is 0 Å². The molecule has 0 atom stereocenters. The predicted octanol–water partition coefficient (Wildman–Crippen LogP) is 11.3. The second-order valence-electron chi connectivity index (χ2n) is 13.9. The van der Waals surface area contributed by atoms with Crippen LogP contribution in [0.15, 0.2) is 29.2 Å². The number of unbranched alkanes of at least 4 members (excludes halogenated alkanes) is 9. The fourth-order valence-corrected chi connectivity index (χ4v) is 26.3. The molecular weight excluding hydrogens is 647 g/mol. The van der Waals surface area contributed by atoms with Gasteiger partial charge in [0.05, 0.1) is 4.90 Å². The van der Waals surface area contributed by atoms with Gasteiger partial charge in [-0.05, 0) is 24.5 Å². The van der Waals surface area contributed by atoms with E-state index < -0.39 is 28.9 Å². The third-order valence-electron chi connectivity index (χ3n) is 10.8. The van der Waals surface area contributed by atoms with Gasteiger partial charge >= 0.3 is 130 Å². The molecule has 0 saturated heterocycles. The van der Waals surface area contributed by atoms with E-state index in [4.69, 9.17) is 0 Å². The maximum atomic E-state index is 12.1. The number of hydrogen-bond acceptors (Lipinski definition) is 3. The molecule has 3 fully saturated rings. The van der Waals surface area contributed by atoms with Gasteiger partial charge in [-0.25, -0.2) is 0 Å². The monoisotopic (exact) mass is 712 g/mol. The first-order valence-corrected chi connectivity index (χ1v) is 25.8. The fourth-order valence-electron chi connectivity index (χ4n) is 8.46. The van der Waals surface area contributed by atoms with Gasteiger partial charge in [-0.15, -0.1) is 0 Å². The first kappa shape index (κ1) is 36.4. The van der Waals surface area contributed by atoms with Crippen LogP contribution in [0.3, 0.4) is 0 Å². The molecule has 0 bridgehead atoms. The average molecular weight is 712 g/mol. The van der Waals surface area contributed by atoms with Crippen LogP contribution in [0.4, 0.5) is 0 Å². The molecule has 242 valence electrons. The molecule has 0 aliphatic heterocycles. The first-order chi connectivity index (χ1) is 20.4. The van der Waals surface area contributed by atoms with Crippen molar-refractivity contribution in [3.8, 4) is 0 Å². The number of aryl methyl sites for hydroxylation is 1. The Morgan fingerprint density at radius 3 is 1.40 bits per heavy atom. The van der Waals surface area contributed by atoms with Crippen LogP contribution >= 0.6 is 0 Å². The van der Waals surface area contributed by atoms with Crippen LogP contribution < -0.4 is 0 Å². The van der Waals surface area contributed by atoms with E-state index in [0.29, 0.717) is 6.42 Å². The minimum absolute atomic E-state index is 0.0610. The molecule has 3 aliphatic carbocycles. The summed E-state index contributed by atoms with van der Waals surface area (Å²) in [5.74, 6) is 0. The van der Waals surface area contributed by atoms with Crippen molar-refractivity contribution in [1.82, 2.24) is 0 Å². The van der Waals surface area contributed by atoms with E-state index in [9.17, 15) is 16.4 Å². The molecule has 0 unspecified atom stereocenters. The standard InChI is InChI=1S/C18H30O3S.3C6H11.H2O.Sn/c1-2-3-4-5-6-7-8-9-10-11-14-17-15-12-13-16-18(17)22(19,20)21;3*1-2-4-6-5-3-1;;/h12-13,15-16H,2-11,14H2,1H3,(H,19,20,21);3*1H,2-6H2;1H2;/q;;;;;+1/p-1. The van der Waals surface area contributed by atoms with Gasteiger partial charge in [-0.3, -0.25) is 4.55 Å². The van der Waals surface area contributed by atoms with Crippen molar-refractivity contribution in [2.45, 2.75) is 191 Å². The summed E-state index contributed by atoms with van der Waals surface area (Å²) in [5.41, 5.74) is 0.726. The molecule has 4 nitrogen and oxygen atoms in total. The molecule has 42 heavy (non-hydrogen) atoms. The second kappa shape index (κ2) is 20.1. The predicted molar refractivity (Wildman–Crippen MR) is 180 cm³/mol. The average Bonchev–Trinajstić information content (AvgIpc) is 3.03. The molecule has 0 radical (unpaired) electrons. The van der Waals surface area contributed by atoms with E-state index in [1.54, 1.807) is 12.1 Å². The summed E-state index contributed by atoms with van der Waals surface area (Å²) < 4.78 is 46.4. The molecule has 0 amide bonds. The molecule has 3 saturated carbocycles. The van der Waals surface area contributed by atoms with Crippen LogP contribution in [0.5, 0.6) is 0 Å². The van der Waals surface area contributed by atoms with Gasteiger partial charge in [0.15, 0.2) is 0 Å². The fraction of sp³-hybridized carbons (Fsp3) is 0.833. The molecule has 4 rings (SSSR count).